The molecule has 3 heterocycles. The van der Waals surface area contributed by atoms with E-state index in [1.165, 1.54) is 32.0 Å². The number of nitrogens with zero attached hydrogens (tertiary/aromatic N) is 5. The summed E-state index contributed by atoms with van der Waals surface area (Å²) in [5.41, 5.74) is 0.535. The van der Waals surface area contributed by atoms with Crippen LogP contribution in [0.25, 0.3) is 11.3 Å². The number of hydroxylamine groups is 2. The molecule has 2 aliphatic rings. The molecule has 0 aliphatic carbocycles. The number of hydrogen-bond donors (Lipinski definition) is 2. The third-order valence-electron chi connectivity index (χ3n) is 7.71. The van der Waals surface area contributed by atoms with Gasteiger partial charge in [0.1, 0.15) is 17.3 Å². The Kier molecular flexibility index (Phi) is 9.60. The minimum atomic E-state index is -5.34. The fraction of sp³-hybridized carbons (Fsp3) is 0.387. The Balaban J connectivity index is 1.61. The number of benzene rings is 2. The van der Waals surface area contributed by atoms with Crippen molar-refractivity contribution in [3.63, 3.8) is 0 Å². The fourth-order valence-electron chi connectivity index (χ4n) is 5.36. The molecule has 1 fully saturated rings. The number of hydrogen-bond acceptors (Lipinski definition) is 8. The Labute approximate surface area is 266 Å². The highest BCUT2D eigenvalue weighted by atomic mass is 19.4. The maximum absolute atomic E-state index is 15.0. The summed E-state index contributed by atoms with van der Waals surface area (Å²) in [6, 6.07) is 5.60. The first kappa shape index (κ1) is 33.5. The Bertz CT molecular complexity index is 1680. The van der Waals surface area contributed by atoms with Gasteiger partial charge in [-0.1, -0.05) is 12.1 Å². The van der Waals surface area contributed by atoms with Crippen LogP contribution in [0.3, 0.4) is 0 Å². The van der Waals surface area contributed by atoms with E-state index in [1.807, 2.05) is 0 Å². The van der Waals surface area contributed by atoms with Gasteiger partial charge in [-0.15, -0.1) is 0 Å². The van der Waals surface area contributed by atoms with E-state index in [-0.39, 0.29) is 35.1 Å². The Morgan fingerprint density at radius 1 is 1.09 bits per heavy atom. The molecular formula is C31H32F5N7O4. The highest BCUT2D eigenvalue weighted by Crippen LogP contribution is 2.39. The Hall–Kier alpha value is -4.86. The first-order chi connectivity index (χ1) is 22.3. The molecule has 1 saturated heterocycles. The first-order valence-corrected chi connectivity index (χ1v) is 14.9. The number of carbonyl (C=O) groups is 3. The normalized spacial score (nSPS) is 15.0. The maximum atomic E-state index is 15.0. The maximum Gasteiger partial charge on any atom is 0.493 e. The summed E-state index contributed by atoms with van der Waals surface area (Å²) in [7, 11) is 0. The van der Waals surface area contributed by atoms with E-state index in [0.717, 1.165) is 49.0 Å². The van der Waals surface area contributed by atoms with Gasteiger partial charge in [-0.05, 0) is 76.5 Å². The number of aryl methyl sites for hydroxylation is 1. The monoisotopic (exact) mass is 661 g/mol. The molecule has 3 aromatic rings. The van der Waals surface area contributed by atoms with Crippen LogP contribution >= 0.6 is 0 Å². The highest BCUT2D eigenvalue weighted by molar-refractivity contribution is 6.02. The third-order valence-corrected chi connectivity index (χ3v) is 7.71. The van der Waals surface area contributed by atoms with Crippen LogP contribution in [0.15, 0.2) is 36.4 Å². The second-order valence-corrected chi connectivity index (χ2v) is 11.4. The number of nitrogens with one attached hydrogen (secondary N) is 2. The second-order valence-electron chi connectivity index (χ2n) is 11.4. The number of para-hydroxylation sites is 1. The van der Waals surface area contributed by atoms with Crippen molar-refractivity contribution in [2.24, 2.45) is 0 Å². The third kappa shape index (κ3) is 7.11. The van der Waals surface area contributed by atoms with Crippen molar-refractivity contribution < 1.29 is 41.2 Å². The van der Waals surface area contributed by atoms with Crippen LogP contribution in [0.5, 0.6) is 0 Å². The molecule has 2 aliphatic heterocycles. The van der Waals surface area contributed by atoms with E-state index in [2.05, 4.69) is 30.3 Å². The lowest BCUT2D eigenvalue weighted by atomic mass is 9.97. The van der Waals surface area contributed by atoms with Crippen molar-refractivity contribution >= 4 is 35.4 Å². The van der Waals surface area contributed by atoms with Gasteiger partial charge >= 0.3 is 18.2 Å². The smallest absolute Gasteiger partial charge is 0.353 e. The average molecular weight is 662 g/mol. The molecule has 250 valence electrons. The van der Waals surface area contributed by atoms with Crippen molar-refractivity contribution in [2.45, 2.75) is 52.4 Å². The molecule has 11 nitrogen and oxygen atoms in total. The molecule has 2 N–H and O–H groups in total. The molecule has 47 heavy (non-hydrogen) atoms. The number of likely N-dealkylation sites (tertiary alicyclic amines) is 1. The molecule has 0 bridgehead atoms. The topological polar surface area (TPSA) is 120 Å². The van der Waals surface area contributed by atoms with Crippen LogP contribution in [0, 0.1) is 18.6 Å². The quantitative estimate of drug-likeness (QED) is 0.241. The predicted octanol–water partition coefficient (Wildman–Crippen LogP) is 5.47. The summed E-state index contributed by atoms with van der Waals surface area (Å²) in [5, 5.41) is 6.04. The molecule has 5 rings (SSSR count). The van der Waals surface area contributed by atoms with Crippen molar-refractivity contribution in [1.82, 2.24) is 25.2 Å². The second kappa shape index (κ2) is 13.5. The number of anilines is 3. The number of halogens is 5. The summed E-state index contributed by atoms with van der Waals surface area (Å²) < 4.78 is 69.0. The summed E-state index contributed by atoms with van der Waals surface area (Å²) in [4.78, 5) is 54.7. The van der Waals surface area contributed by atoms with E-state index >= 15 is 8.78 Å². The summed E-state index contributed by atoms with van der Waals surface area (Å²) in [5.74, 6) is -5.68. The summed E-state index contributed by atoms with van der Waals surface area (Å²) in [6.07, 6.45) is -3.18. The molecule has 16 heteroatoms. The number of rotatable bonds is 8. The van der Waals surface area contributed by atoms with Gasteiger partial charge in [0.25, 0.3) is 5.91 Å². The number of aromatic nitrogens is 2. The lowest BCUT2D eigenvalue weighted by Gasteiger charge is -2.31. The minimum absolute atomic E-state index is 0.0356. The Morgan fingerprint density at radius 2 is 1.77 bits per heavy atom. The van der Waals surface area contributed by atoms with Crippen molar-refractivity contribution in [3.05, 3.63) is 64.7 Å². The lowest BCUT2D eigenvalue weighted by molar-refractivity contribution is -0.232. The SMILES string of the molecule is Cc1ccc(C(=O)N(OC(=O)C(F)(F)F)C(C)C)cc1-c1nc(NCCN2CCCC2)nc2c1CNC(=O)N2c1c(F)cccc1F. The summed E-state index contributed by atoms with van der Waals surface area (Å²) in [6.45, 7) is 7.22. The van der Waals surface area contributed by atoms with Gasteiger partial charge < -0.3 is 20.4 Å². The van der Waals surface area contributed by atoms with Crippen molar-refractivity contribution in [3.8, 4) is 11.3 Å². The highest BCUT2D eigenvalue weighted by Gasteiger charge is 2.44. The standard InChI is InChI=1S/C31H32F5N7O4/c1-17(2)43(47-28(45)31(34,35)36)27(44)19-10-9-18(3)20(15-19)24-21-16-38-30(46)42(25-22(32)7-6-8-23(25)33)26(21)40-29(39-24)37-11-14-41-12-4-5-13-41/h6-10,15,17H,4-5,11-14,16H2,1-3H3,(H,38,46)(H,37,39,40). The zero-order valence-electron chi connectivity index (χ0n) is 25.8. The first-order valence-electron chi connectivity index (χ1n) is 14.9. The molecule has 0 unspecified atom stereocenters. The van der Waals surface area contributed by atoms with Crippen LogP contribution in [0.4, 0.5) is 44.2 Å². The summed E-state index contributed by atoms with van der Waals surface area (Å²) >= 11 is 0. The number of urea groups is 1. The van der Waals surface area contributed by atoms with E-state index in [0.29, 0.717) is 29.3 Å². The number of fused-ring (bicyclic) bond motifs is 1. The largest absolute Gasteiger partial charge is 0.493 e. The molecular weight excluding hydrogens is 629 g/mol. The zero-order chi connectivity index (χ0) is 34.0. The molecule has 2 aromatic carbocycles. The fourth-order valence-corrected chi connectivity index (χ4v) is 5.36. The average Bonchev–Trinajstić information content (AvgIpc) is 3.53. The molecule has 0 saturated carbocycles. The number of alkyl halides is 3. The lowest BCUT2D eigenvalue weighted by Crippen LogP contribution is -2.43. The van der Waals surface area contributed by atoms with Crippen LogP contribution in [0.1, 0.15) is 48.2 Å². The molecule has 1 aromatic heterocycles. The van der Waals surface area contributed by atoms with Gasteiger partial charge in [0.2, 0.25) is 5.95 Å². The molecule has 0 radical (unpaired) electrons. The molecule has 0 spiro atoms. The zero-order valence-corrected chi connectivity index (χ0v) is 25.8. The van der Waals surface area contributed by atoms with Gasteiger partial charge in [0.05, 0.1) is 18.3 Å². The van der Waals surface area contributed by atoms with Crippen LogP contribution in [-0.4, -0.2) is 76.2 Å². The Morgan fingerprint density at radius 3 is 2.40 bits per heavy atom. The van der Waals surface area contributed by atoms with E-state index in [9.17, 15) is 27.6 Å². The van der Waals surface area contributed by atoms with E-state index in [1.54, 1.807) is 6.92 Å². The van der Waals surface area contributed by atoms with Gasteiger partial charge in [-0.2, -0.15) is 23.2 Å². The van der Waals surface area contributed by atoms with Gasteiger partial charge in [-0.3, -0.25) is 4.79 Å². The van der Waals surface area contributed by atoms with E-state index < -0.39 is 47.4 Å². The molecule has 0 atom stereocenters. The van der Waals surface area contributed by atoms with Gasteiger partial charge in [0.15, 0.2) is 5.82 Å². The van der Waals surface area contributed by atoms with E-state index in [4.69, 9.17) is 0 Å². The number of amides is 3. The van der Waals surface area contributed by atoms with Gasteiger partial charge in [-0.25, -0.2) is 28.3 Å². The van der Waals surface area contributed by atoms with Crippen molar-refractivity contribution in [1.29, 1.82) is 0 Å². The predicted molar refractivity (Wildman–Crippen MR) is 161 cm³/mol. The minimum Gasteiger partial charge on any atom is -0.353 e. The van der Waals surface area contributed by atoms with Crippen LogP contribution < -0.4 is 15.5 Å². The number of carbonyl (C=O) groups excluding carboxylic acids is 3. The van der Waals surface area contributed by atoms with Crippen LogP contribution in [-0.2, 0) is 16.2 Å². The van der Waals surface area contributed by atoms with Gasteiger partial charge in [0, 0.05) is 29.8 Å². The van der Waals surface area contributed by atoms with Crippen LogP contribution in [0.2, 0.25) is 0 Å². The molecule has 3 amide bonds. The van der Waals surface area contributed by atoms with Crippen molar-refractivity contribution in [2.75, 3.05) is 36.4 Å².